The number of sulfonamides is 1. The number of aliphatic hydroxyl groups excluding tert-OH is 1. The van der Waals surface area contributed by atoms with Crippen LogP contribution in [0.4, 0.5) is 0 Å². The summed E-state index contributed by atoms with van der Waals surface area (Å²) in [6, 6.07) is 0. The van der Waals surface area contributed by atoms with Crippen LogP contribution in [0, 0.1) is 12.5 Å². The molecule has 2 rings (SSSR count). The molecule has 1 saturated heterocycles. The first-order chi connectivity index (χ1) is 6.64. The maximum atomic E-state index is 11.8. The van der Waals surface area contributed by atoms with Gasteiger partial charge in [0, 0.05) is 45.8 Å². The quantitative estimate of drug-likeness (QED) is 0.782. The minimum absolute atomic E-state index is 0. The van der Waals surface area contributed by atoms with Crippen molar-refractivity contribution in [3.63, 3.8) is 0 Å². The van der Waals surface area contributed by atoms with Crippen molar-refractivity contribution in [1.29, 1.82) is 0 Å². The monoisotopic (exact) mass is 307 g/mol. The van der Waals surface area contributed by atoms with Crippen molar-refractivity contribution >= 4 is 10.0 Å². The molecule has 0 aromatic rings. The molecule has 15 heavy (non-hydrogen) atoms. The Labute approximate surface area is 116 Å². The minimum atomic E-state index is -2.98. The van der Waals surface area contributed by atoms with E-state index in [0.29, 0.717) is 13.1 Å². The third kappa shape index (κ3) is 3.22. The van der Waals surface area contributed by atoms with Crippen molar-refractivity contribution in [2.45, 2.75) is 30.9 Å². The summed E-state index contributed by atoms with van der Waals surface area (Å²) >= 11 is 0. The number of hydrogen-bond donors (Lipinski definition) is 1. The first-order valence-corrected chi connectivity index (χ1v) is 6.61. The van der Waals surface area contributed by atoms with Gasteiger partial charge in [0.05, 0.1) is 5.25 Å². The van der Waals surface area contributed by atoms with Gasteiger partial charge in [-0.1, -0.05) is 12.8 Å². The van der Waals surface area contributed by atoms with Crippen LogP contribution < -0.4 is 0 Å². The zero-order valence-corrected chi connectivity index (χ0v) is 12.3. The molecular weight excluding hydrogens is 291 g/mol. The van der Waals surface area contributed by atoms with Crippen LogP contribution in [0.1, 0.15) is 25.7 Å². The molecule has 0 unspecified atom stereocenters. The molecule has 1 heterocycles. The molecule has 0 spiro atoms. The number of nitrogens with zero attached hydrogens (tertiary/aromatic N) is 1. The van der Waals surface area contributed by atoms with Crippen LogP contribution in [0.25, 0.3) is 0 Å². The summed E-state index contributed by atoms with van der Waals surface area (Å²) in [5.74, 6) is 0.181. The predicted octanol–water partition coefficient (Wildman–Crippen LogP) is 0.722. The first-order valence-electron chi connectivity index (χ1n) is 5.11. The predicted molar refractivity (Wildman–Crippen MR) is 52.5 cm³/mol. The summed E-state index contributed by atoms with van der Waals surface area (Å²) in [5.41, 5.74) is 0. The van der Waals surface area contributed by atoms with Gasteiger partial charge in [-0.05, 0) is 12.8 Å². The summed E-state index contributed by atoms with van der Waals surface area (Å²) in [6.45, 7) is 2.34. The molecule has 1 aliphatic heterocycles. The van der Waals surface area contributed by atoms with Crippen LogP contribution in [-0.4, -0.2) is 36.2 Å². The molecule has 1 aliphatic carbocycles. The molecule has 4 nitrogen and oxygen atoms in total. The van der Waals surface area contributed by atoms with Crippen molar-refractivity contribution in [3.05, 3.63) is 6.61 Å². The van der Waals surface area contributed by atoms with Crippen LogP contribution in [0.2, 0.25) is 0 Å². The standard InChI is InChI=1S/C9H16NO3S.Y/c11-7-8-3-5-10(6-4-8)14(12,13)9-1-2-9;/h7-9,11H,1-6H2;/q-1;. The summed E-state index contributed by atoms with van der Waals surface area (Å²) in [5, 5.41) is 8.71. The second-order valence-electron chi connectivity index (χ2n) is 4.13. The maximum absolute atomic E-state index is 11.8. The largest absolute Gasteiger partial charge is 0.566 e. The van der Waals surface area contributed by atoms with E-state index in [1.54, 1.807) is 4.31 Å². The number of hydrogen-bond acceptors (Lipinski definition) is 3. The fourth-order valence-corrected chi connectivity index (χ4v) is 3.73. The summed E-state index contributed by atoms with van der Waals surface area (Å²) < 4.78 is 25.2. The molecule has 0 bridgehead atoms. The smallest absolute Gasteiger partial charge is 0.216 e. The van der Waals surface area contributed by atoms with E-state index in [1.807, 2.05) is 0 Å². The Morgan fingerprint density at radius 1 is 1.13 bits per heavy atom. The maximum Gasteiger partial charge on any atom is 0.216 e. The fourth-order valence-electron chi connectivity index (χ4n) is 1.86. The van der Waals surface area contributed by atoms with Gasteiger partial charge >= 0.3 is 0 Å². The summed E-state index contributed by atoms with van der Waals surface area (Å²) in [7, 11) is -2.98. The molecule has 0 aromatic heterocycles. The average Bonchev–Trinajstić information content (AvgIpc) is 3.01. The molecule has 0 amide bonds. The van der Waals surface area contributed by atoms with E-state index < -0.39 is 10.0 Å². The topological polar surface area (TPSA) is 57.6 Å². The van der Waals surface area contributed by atoms with Crippen LogP contribution in [0.5, 0.6) is 0 Å². The van der Waals surface area contributed by atoms with E-state index in [4.69, 9.17) is 5.11 Å². The zero-order valence-electron chi connectivity index (χ0n) is 8.67. The van der Waals surface area contributed by atoms with Crippen molar-refractivity contribution < 1.29 is 46.2 Å². The molecule has 0 atom stereocenters. The van der Waals surface area contributed by atoms with Gasteiger partial charge in [-0.2, -0.15) is 0 Å². The van der Waals surface area contributed by atoms with E-state index in [0.717, 1.165) is 25.7 Å². The molecule has 1 N–H and O–H groups in total. The summed E-state index contributed by atoms with van der Waals surface area (Å²) in [4.78, 5) is 0. The van der Waals surface area contributed by atoms with Gasteiger partial charge < -0.3 is 5.11 Å². The van der Waals surface area contributed by atoms with Crippen LogP contribution >= 0.6 is 0 Å². The van der Waals surface area contributed by atoms with Crippen molar-refractivity contribution in [1.82, 2.24) is 4.31 Å². The van der Waals surface area contributed by atoms with Crippen molar-refractivity contribution in [3.8, 4) is 0 Å². The van der Waals surface area contributed by atoms with E-state index in [2.05, 4.69) is 0 Å². The fraction of sp³-hybridized carbons (Fsp3) is 0.889. The minimum Gasteiger partial charge on any atom is -0.566 e. The van der Waals surface area contributed by atoms with Crippen molar-refractivity contribution in [2.24, 2.45) is 5.92 Å². The van der Waals surface area contributed by atoms with Gasteiger partial charge in [-0.3, -0.25) is 0 Å². The normalized spacial score (nSPS) is 24.9. The van der Waals surface area contributed by atoms with Crippen LogP contribution in [0.3, 0.4) is 0 Å². The third-order valence-electron chi connectivity index (χ3n) is 3.01. The number of aliphatic hydroxyl groups is 1. The second-order valence-corrected chi connectivity index (χ2v) is 6.34. The molecule has 2 aliphatic rings. The van der Waals surface area contributed by atoms with Crippen LogP contribution in [-0.2, 0) is 42.7 Å². The molecule has 85 valence electrons. The Bertz CT molecular complexity index is 294. The Hall–Kier alpha value is 0.974. The molecular formula is C9H16NO3SY-. The Balaban J connectivity index is 0.00000112. The van der Waals surface area contributed by atoms with E-state index >= 15 is 0 Å². The van der Waals surface area contributed by atoms with E-state index in [-0.39, 0.29) is 43.9 Å². The molecule has 6 heteroatoms. The zero-order chi connectivity index (χ0) is 10.2. The Morgan fingerprint density at radius 3 is 2.07 bits per heavy atom. The molecule has 1 saturated carbocycles. The van der Waals surface area contributed by atoms with Gasteiger partial charge in [-0.25, -0.2) is 19.3 Å². The van der Waals surface area contributed by atoms with Crippen LogP contribution in [0.15, 0.2) is 0 Å². The van der Waals surface area contributed by atoms with Gasteiger partial charge in [-0.15, -0.1) is 5.92 Å². The van der Waals surface area contributed by atoms with E-state index in [1.165, 1.54) is 6.61 Å². The molecule has 0 aromatic carbocycles. The summed E-state index contributed by atoms with van der Waals surface area (Å²) in [6.07, 6.45) is 3.16. The van der Waals surface area contributed by atoms with Gasteiger partial charge in [0.2, 0.25) is 10.0 Å². The number of piperidine rings is 1. The first kappa shape index (κ1) is 14.0. The van der Waals surface area contributed by atoms with Crippen molar-refractivity contribution in [2.75, 3.05) is 13.1 Å². The van der Waals surface area contributed by atoms with Gasteiger partial charge in [0.25, 0.3) is 0 Å². The SMILES string of the molecule is O=S(=O)(C1CC1)N1CCC([CH-]O)CC1.[Y]. The van der Waals surface area contributed by atoms with Gasteiger partial charge in [0.15, 0.2) is 0 Å². The van der Waals surface area contributed by atoms with Gasteiger partial charge in [0.1, 0.15) is 0 Å². The Kier molecular flexibility index (Phi) is 5.18. The number of rotatable bonds is 3. The molecule has 2 fully saturated rings. The Morgan fingerprint density at radius 2 is 1.67 bits per heavy atom. The molecule has 1 radical (unpaired) electrons. The second kappa shape index (κ2) is 5.54. The average molecular weight is 307 g/mol. The van der Waals surface area contributed by atoms with E-state index in [9.17, 15) is 8.42 Å². The third-order valence-corrected chi connectivity index (χ3v) is 5.41.